The molecule has 32 heavy (non-hydrogen) atoms. The molecule has 2 heterocycles. The first-order chi connectivity index (χ1) is 14.8. The highest BCUT2D eigenvalue weighted by atomic mass is 19.4. The van der Waals surface area contributed by atoms with Gasteiger partial charge in [-0.3, -0.25) is 14.5 Å². The van der Waals surface area contributed by atoms with Crippen molar-refractivity contribution >= 4 is 17.9 Å². The number of carbonyl (C=O) groups is 2. The summed E-state index contributed by atoms with van der Waals surface area (Å²) in [6.07, 6.45) is -4.05. The van der Waals surface area contributed by atoms with Crippen molar-refractivity contribution in [3.05, 3.63) is 18.0 Å². The van der Waals surface area contributed by atoms with Crippen LogP contribution in [0.25, 0.3) is 0 Å². The van der Waals surface area contributed by atoms with Crippen LogP contribution in [-0.2, 0) is 15.8 Å². The number of aromatic nitrogens is 2. The number of hydroxylamine groups is 1. The number of alkyl halides is 3. The van der Waals surface area contributed by atoms with E-state index in [1.807, 2.05) is 0 Å². The van der Waals surface area contributed by atoms with Gasteiger partial charge in [-0.1, -0.05) is 0 Å². The van der Waals surface area contributed by atoms with Crippen LogP contribution < -0.4 is 10.4 Å². The summed E-state index contributed by atoms with van der Waals surface area (Å²) < 4.78 is 37.9. The molecule has 0 bridgehead atoms. The molecular weight excluding hydrogens is 433 g/mol. The Morgan fingerprint density at radius 2 is 1.75 bits per heavy atom. The van der Waals surface area contributed by atoms with E-state index < -0.39 is 23.4 Å². The van der Waals surface area contributed by atoms with Crippen LogP contribution in [0.3, 0.4) is 0 Å². The van der Waals surface area contributed by atoms with Crippen LogP contribution in [0.2, 0.25) is 0 Å². The molecule has 1 aliphatic rings. The minimum absolute atomic E-state index is 0.179. The van der Waals surface area contributed by atoms with Gasteiger partial charge in [-0.15, -0.1) is 0 Å². The number of piperazine rings is 1. The molecule has 180 valence electrons. The lowest BCUT2D eigenvalue weighted by Crippen LogP contribution is -2.53. The van der Waals surface area contributed by atoms with Crippen LogP contribution in [-0.4, -0.2) is 87.8 Å². The summed E-state index contributed by atoms with van der Waals surface area (Å²) in [5, 5.41) is 9.38. The van der Waals surface area contributed by atoms with Gasteiger partial charge in [-0.05, 0) is 27.7 Å². The normalized spacial score (nSPS) is 16.1. The van der Waals surface area contributed by atoms with Crippen molar-refractivity contribution in [1.29, 1.82) is 0 Å². The molecule has 1 aliphatic heterocycles. The number of hydrogen-bond acceptors (Lipinski definition) is 7. The van der Waals surface area contributed by atoms with Crippen LogP contribution in [0.5, 0.6) is 0 Å². The average molecular weight is 462 g/mol. The Bertz CT molecular complexity index is 777. The second kappa shape index (κ2) is 10.3. The van der Waals surface area contributed by atoms with Crippen molar-refractivity contribution in [2.45, 2.75) is 45.5 Å². The van der Waals surface area contributed by atoms with Gasteiger partial charge in [0.1, 0.15) is 6.61 Å². The van der Waals surface area contributed by atoms with E-state index in [1.54, 1.807) is 37.5 Å². The van der Waals surface area contributed by atoms with E-state index in [0.717, 1.165) is 12.4 Å². The van der Waals surface area contributed by atoms with Gasteiger partial charge < -0.3 is 14.9 Å². The van der Waals surface area contributed by atoms with Crippen molar-refractivity contribution in [2.24, 2.45) is 0 Å². The molecule has 2 N–H and O–H groups in total. The lowest BCUT2D eigenvalue weighted by atomic mass is 10.0. The Hall–Kier alpha value is -2.67. The van der Waals surface area contributed by atoms with Crippen molar-refractivity contribution in [3.8, 4) is 0 Å². The SMILES string of the molecule is C[C@@H](CNOCC(=O)N1CCN(c2ncc(C(F)(F)F)cn2)CC1)N(C(=O)O)C(C)(C)C. The molecule has 0 saturated carbocycles. The molecule has 1 fully saturated rings. The van der Waals surface area contributed by atoms with Crippen LogP contribution in [0.1, 0.15) is 33.3 Å². The molecule has 1 atom stereocenters. The lowest BCUT2D eigenvalue weighted by Gasteiger charge is -2.38. The number of halogens is 3. The van der Waals surface area contributed by atoms with Crippen LogP contribution >= 0.6 is 0 Å². The maximum Gasteiger partial charge on any atom is 0.419 e. The first-order valence-corrected chi connectivity index (χ1v) is 10.1. The Morgan fingerprint density at radius 1 is 1.19 bits per heavy atom. The monoisotopic (exact) mass is 462 g/mol. The van der Waals surface area contributed by atoms with Gasteiger partial charge >= 0.3 is 12.3 Å². The molecule has 0 aromatic carbocycles. The smallest absolute Gasteiger partial charge is 0.419 e. The van der Waals surface area contributed by atoms with E-state index >= 15 is 0 Å². The zero-order chi connectivity index (χ0) is 24.1. The van der Waals surface area contributed by atoms with Crippen LogP contribution in [0.4, 0.5) is 23.9 Å². The standard InChI is InChI=1S/C19H29F3N6O4/c1-13(28(17(30)31)18(2,3)4)9-25-32-12-15(29)26-5-7-27(8-6-26)16-23-10-14(11-24-16)19(20,21)22/h10-11,13,25H,5-9,12H2,1-4H3,(H,30,31)/t13-/m0/s1. The summed E-state index contributed by atoms with van der Waals surface area (Å²) in [7, 11) is 0. The van der Waals surface area contributed by atoms with E-state index in [4.69, 9.17) is 4.84 Å². The largest absolute Gasteiger partial charge is 0.465 e. The predicted molar refractivity (Wildman–Crippen MR) is 109 cm³/mol. The molecule has 10 nitrogen and oxygen atoms in total. The Labute approximate surface area is 184 Å². The van der Waals surface area contributed by atoms with E-state index in [2.05, 4.69) is 15.4 Å². The van der Waals surface area contributed by atoms with Crippen LogP contribution in [0.15, 0.2) is 12.4 Å². The predicted octanol–water partition coefficient (Wildman–Crippen LogP) is 1.83. The van der Waals surface area contributed by atoms with E-state index in [0.29, 0.717) is 26.2 Å². The van der Waals surface area contributed by atoms with Crippen LogP contribution in [0, 0.1) is 0 Å². The van der Waals surface area contributed by atoms with Gasteiger partial charge in [0.05, 0.1) is 5.56 Å². The number of nitrogens with zero attached hydrogens (tertiary/aromatic N) is 5. The zero-order valence-electron chi connectivity index (χ0n) is 18.5. The third-order valence-corrected chi connectivity index (χ3v) is 4.93. The second-order valence-corrected chi connectivity index (χ2v) is 8.45. The fourth-order valence-electron chi connectivity index (χ4n) is 3.40. The first kappa shape index (κ1) is 25.6. The number of carbonyl (C=O) groups excluding carboxylic acids is 1. The van der Waals surface area contributed by atoms with Crippen molar-refractivity contribution in [2.75, 3.05) is 44.2 Å². The van der Waals surface area contributed by atoms with Gasteiger partial charge in [-0.2, -0.15) is 18.7 Å². The minimum Gasteiger partial charge on any atom is -0.465 e. The second-order valence-electron chi connectivity index (χ2n) is 8.45. The van der Waals surface area contributed by atoms with Crippen molar-refractivity contribution in [1.82, 2.24) is 25.2 Å². The van der Waals surface area contributed by atoms with Crippen molar-refractivity contribution in [3.63, 3.8) is 0 Å². The Morgan fingerprint density at radius 3 is 2.22 bits per heavy atom. The molecule has 13 heteroatoms. The number of anilines is 1. The molecule has 2 rings (SSSR count). The molecule has 1 saturated heterocycles. The quantitative estimate of drug-likeness (QED) is 0.467. The van der Waals surface area contributed by atoms with Gasteiger partial charge in [0, 0.05) is 56.7 Å². The van der Waals surface area contributed by atoms with Gasteiger partial charge in [0.25, 0.3) is 5.91 Å². The molecule has 0 spiro atoms. The maximum atomic E-state index is 12.6. The summed E-state index contributed by atoms with van der Waals surface area (Å²) in [5.41, 5.74) is 1.14. The maximum absolute atomic E-state index is 12.6. The van der Waals surface area contributed by atoms with Gasteiger partial charge in [-0.25, -0.2) is 14.8 Å². The lowest BCUT2D eigenvalue weighted by molar-refractivity contribution is -0.140. The molecular formula is C19H29F3N6O4. The molecule has 1 aromatic rings. The number of hydrogen-bond donors (Lipinski definition) is 2. The molecule has 0 aliphatic carbocycles. The topological polar surface area (TPSA) is 111 Å². The minimum atomic E-state index is -4.49. The fraction of sp³-hybridized carbons (Fsp3) is 0.684. The summed E-state index contributed by atoms with van der Waals surface area (Å²) >= 11 is 0. The number of nitrogens with one attached hydrogen (secondary N) is 1. The molecule has 0 radical (unpaired) electrons. The summed E-state index contributed by atoms with van der Waals surface area (Å²) in [6, 6.07) is -0.380. The molecule has 2 amide bonds. The summed E-state index contributed by atoms with van der Waals surface area (Å²) in [5.74, 6) is -0.0807. The van der Waals surface area contributed by atoms with Gasteiger partial charge in [0.15, 0.2) is 0 Å². The number of rotatable bonds is 7. The van der Waals surface area contributed by atoms with Crippen molar-refractivity contribution < 1.29 is 32.7 Å². The first-order valence-electron chi connectivity index (χ1n) is 10.1. The fourth-order valence-corrected chi connectivity index (χ4v) is 3.40. The average Bonchev–Trinajstić information content (AvgIpc) is 2.69. The van der Waals surface area contributed by atoms with E-state index in [-0.39, 0.29) is 31.0 Å². The molecule has 1 aromatic heterocycles. The highest BCUT2D eigenvalue weighted by Crippen LogP contribution is 2.28. The zero-order valence-corrected chi connectivity index (χ0v) is 18.5. The number of amides is 2. The Kier molecular flexibility index (Phi) is 8.24. The van der Waals surface area contributed by atoms with Gasteiger partial charge in [0.2, 0.25) is 5.95 Å². The highest BCUT2D eigenvalue weighted by Gasteiger charge is 2.32. The highest BCUT2D eigenvalue weighted by molar-refractivity contribution is 5.77. The van der Waals surface area contributed by atoms with E-state index in [1.165, 1.54) is 4.90 Å². The third kappa shape index (κ3) is 6.92. The van der Waals surface area contributed by atoms with E-state index in [9.17, 15) is 27.9 Å². The Balaban J connectivity index is 1.74. The summed E-state index contributed by atoms with van der Waals surface area (Å²) in [6.45, 7) is 8.52. The number of carboxylic acid groups (broad SMARTS) is 1. The molecule has 0 unspecified atom stereocenters. The summed E-state index contributed by atoms with van der Waals surface area (Å²) in [4.78, 5) is 41.1. The third-order valence-electron chi connectivity index (χ3n) is 4.93.